The molecule has 1 unspecified atom stereocenters. The molecule has 0 aliphatic carbocycles. The van der Waals surface area contributed by atoms with Crippen LogP contribution >= 0.6 is 0 Å². The lowest BCUT2D eigenvalue weighted by atomic mass is 9.82. The van der Waals surface area contributed by atoms with E-state index in [0.29, 0.717) is 22.3 Å². The first kappa shape index (κ1) is 19.3. The fraction of sp³-hybridized carbons (Fsp3) is 0.0714. The molecule has 4 aromatic carbocycles. The summed E-state index contributed by atoms with van der Waals surface area (Å²) in [5, 5.41) is 1.38. The summed E-state index contributed by atoms with van der Waals surface area (Å²) in [5.41, 5.74) is 1.99. The maximum atomic E-state index is 12.6. The highest BCUT2D eigenvalue weighted by molar-refractivity contribution is 6.24. The molecule has 5 heteroatoms. The molecule has 5 nitrogen and oxygen atoms in total. The second-order valence-electron chi connectivity index (χ2n) is 7.98. The Hall–Kier alpha value is -4.38. The molecule has 0 radical (unpaired) electrons. The Morgan fingerprint density at radius 2 is 1.36 bits per heavy atom. The van der Waals surface area contributed by atoms with Gasteiger partial charge in [-0.2, -0.15) is 0 Å². The van der Waals surface area contributed by atoms with Crippen LogP contribution in [0.2, 0.25) is 0 Å². The van der Waals surface area contributed by atoms with Gasteiger partial charge >= 0.3 is 11.9 Å². The molecular weight excluding hydrogens is 416 g/mol. The van der Waals surface area contributed by atoms with Crippen LogP contribution in [0, 0.1) is 0 Å². The van der Waals surface area contributed by atoms with E-state index in [1.807, 2.05) is 91.0 Å². The summed E-state index contributed by atoms with van der Waals surface area (Å²) in [6.45, 7) is 0. The van der Waals surface area contributed by atoms with Crippen LogP contribution in [0.5, 0.6) is 11.5 Å². The number of carbonyl (C=O) groups is 2. The molecule has 1 atom stereocenters. The van der Waals surface area contributed by atoms with E-state index in [4.69, 9.17) is 14.2 Å². The SMILES string of the molecule is COc1ccc(C2(c3ccccc3)C=Cc3c4c(c5ccccc5c3O2)C(=O)OC4=O)cc1. The average molecular weight is 434 g/mol. The molecule has 4 aromatic rings. The summed E-state index contributed by atoms with van der Waals surface area (Å²) in [6.07, 6.45) is 3.79. The van der Waals surface area contributed by atoms with Gasteiger partial charge < -0.3 is 14.2 Å². The van der Waals surface area contributed by atoms with Crippen LogP contribution in [-0.2, 0) is 10.3 Å². The summed E-state index contributed by atoms with van der Waals surface area (Å²) in [5.74, 6) is 0.00390. The van der Waals surface area contributed by atoms with Crippen molar-refractivity contribution >= 4 is 28.8 Å². The van der Waals surface area contributed by atoms with E-state index in [9.17, 15) is 9.59 Å². The van der Waals surface area contributed by atoms with Gasteiger partial charge in [-0.25, -0.2) is 9.59 Å². The molecule has 2 aliphatic rings. The van der Waals surface area contributed by atoms with E-state index in [1.54, 1.807) is 7.11 Å². The number of rotatable bonds is 3. The monoisotopic (exact) mass is 434 g/mol. The van der Waals surface area contributed by atoms with E-state index in [-0.39, 0.29) is 5.56 Å². The minimum atomic E-state index is -0.940. The van der Waals surface area contributed by atoms with Crippen molar-refractivity contribution in [2.75, 3.05) is 7.11 Å². The Kier molecular flexibility index (Phi) is 4.14. The minimum absolute atomic E-state index is 0.251. The Morgan fingerprint density at radius 1 is 0.727 bits per heavy atom. The van der Waals surface area contributed by atoms with E-state index in [1.165, 1.54) is 0 Å². The topological polar surface area (TPSA) is 61.8 Å². The second-order valence-corrected chi connectivity index (χ2v) is 7.98. The summed E-state index contributed by atoms with van der Waals surface area (Å²) in [4.78, 5) is 25.1. The predicted octanol–water partition coefficient (Wildman–Crippen LogP) is 5.51. The lowest BCUT2D eigenvalue weighted by Gasteiger charge is -2.37. The number of carbonyl (C=O) groups excluding carboxylic acids is 2. The van der Waals surface area contributed by atoms with Gasteiger partial charge in [-0.1, -0.05) is 66.7 Å². The van der Waals surface area contributed by atoms with Crippen molar-refractivity contribution in [3.05, 3.63) is 113 Å². The fourth-order valence-electron chi connectivity index (χ4n) is 4.70. The molecule has 160 valence electrons. The summed E-state index contributed by atoms with van der Waals surface area (Å²) >= 11 is 0. The average Bonchev–Trinajstić information content (AvgIpc) is 3.18. The third-order valence-electron chi connectivity index (χ3n) is 6.27. The van der Waals surface area contributed by atoms with Crippen molar-refractivity contribution in [1.29, 1.82) is 0 Å². The number of cyclic esters (lactones) is 2. The third kappa shape index (κ3) is 2.72. The lowest BCUT2D eigenvalue weighted by Crippen LogP contribution is -2.34. The van der Waals surface area contributed by atoms with E-state index in [2.05, 4.69) is 0 Å². The van der Waals surface area contributed by atoms with Gasteiger partial charge in [0.25, 0.3) is 0 Å². The van der Waals surface area contributed by atoms with Gasteiger partial charge in [0.05, 0.1) is 18.2 Å². The van der Waals surface area contributed by atoms with Crippen LogP contribution in [0.1, 0.15) is 37.4 Å². The van der Waals surface area contributed by atoms with Crippen molar-refractivity contribution in [3.8, 4) is 11.5 Å². The Labute approximate surface area is 189 Å². The van der Waals surface area contributed by atoms with Crippen LogP contribution in [0.4, 0.5) is 0 Å². The van der Waals surface area contributed by atoms with Crippen LogP contribution in [0.25, 0.3) is 16.8 Å². The molecule has 0 N–H and O–H groups in total. The highest BCUT2D eigenvalue weighted by Gasteiger charge is 2.42. The zero-order valence-corrected chi connectivity index (χ0v) is 17.7. The number of esters is 2. The molecular formula is C28H18O5. The molecule has 0 fully saturated rings. The molecule has 0 amide bonds. The van der Waals surface area contributed by atoms with E-state index in [0.717, 1.165) is 22.3 Å². The normalized spacial score (nSPS) is 18.5. The number of methoxy groups -OCH3 is 1. The van der Waals surface area contributed by atoms with Crippen molar-refractivity contribution in [1.82, 2.24) is 0 Å². The maximum Gasteiger partial charge on any atom is 0.347 e. The van der Waals surface area contributed by atoms with Gasteiger partial charge in [-0.05, 0) is 24.3 Å². The van der Waals surface area contributed by atoms with E-state index < -0.39 is 17.5 Å². The molecule has 2 aliphatic heterocycles. The van der Waals surface area contributed by atoms with Crippen molar-refractivity contribution in [2.24, 2.45) is 0 Å². The highest BCUT2D eigenvalue weighted by atomic mass is 16.6. The van der Waals surface area contributed by atoms with Crippen LogP contribution in [0.15, 0.2) is 84.9 Å². The zero-order valence-electron chi connectivity index (χ0n) is 17.7. The van der Waals surface area contributed by atoms with Crippen LogP contribution in [0.3, 0.4) is 0 Å². The number of ether oxygens (including phenoxy) is 3. The van der Waals surface area contributed by atoms with Crippen molar-refractivity contribution < 1.29 is 23.8 Å². The molecule has 33 heavy (non-hydrogen) atoms. The summed E-state index contributed by atoms with van der Waals surface area (Å²) < 4.78 is 17.2. The van der Waals surface area contributed by atoms with Gasteiger partial charge in [-0.15, -0.1) is 0 Å². The summed E-state index contributed by atoms with van der Waals surface area (Å²) in [6, 6.07) is 25.0. The molecule has 6 rings (SSSR count). The molecule has 0 saturated heterocycles. The number of benzene rings is 4. The molecule has 2 heterocycles. The van der Waals surface area contributed by atoms with Crippen molar-refractivity contribution in [2.45, 2.75) is 5.60 Å². The number of hydrogen-bond donors (Lipinski definition) is 0. The smallest absolute Gasteiger partial charge is 0.347 e. The first-order valence-electron chi connectivity index (χ1n) is 10.6. The Bertz CT molecular complexity index is 1470. The maximum absolute atomic E-state index is 12.6. The predicted molar refractivity (Wildman–Crippen MR) is 124 cm³/mol. The lowest BCUT2D eigenvalue weighted by molar-refractivity contribution is 0.0444. The van der Waals surface area contributed by atoms with Gasteiger partial charge in [0.1, 0.15) is 11.5 Å². The standard InChI is InChI=1S/C28H18O5/c1-31-19-13-11-18(12-14-19)28(17-7-3-2-4-8-17)16-15-22-24-23(26(29)32-27(24)30)20-9-5-6-10-21(20)25(22)33-28/h2-16H,1H3. The molecule has 0 aromatic heterocycles. The fourth-order valence-corrected chi connectivity index (χ4v) is 4.70. The third-order valence-corrected chi connectivity index (χ3v) is 6.27. The van der Waals surface area contributed by atoms with Crippen molar-refractivity contribution in [3.63, 3.8) is 0 Å². The summed E-state index contributed by atoms with van der Waals surface area (Å²) in [7, 11) is 1.63. The van der Waals surface area contributed by atoms with Gasteiger partial charge in [-0.3, -0.25) is 0 Å². The molecule has 0 bridgehead atoms. The quantitative estimate of drug-likeness (QED) is 0.314. The highest BCUT2D eigenvalue weighted by Crippen LogP contribution is 2.48. The first-order chi connectivity index (χ1) is 16.1. The Balaban J connectivity index is 1.65. The second kappa shape index (κ2) is 7.07. The van der Waals surface area contributed by atoms with E-state index >= 15 is 0 Å². The number of fused-ring (bicyclic) bond motifs is 6. The van der Waals surface area contributed by atoms with Crippen LogP contribution in [-0.4, -0.2) is 19.0 Å². The van der Waals surface area contributed by atoms with Crippen LogP contribution < -0.4 is 9.47 Å². The van der Waals surface area contributed by atoms with Gasteiger partial charge in [0.15, 0.2) is 5.60 Å². The largest absolute Gasteiger partial charge is 0.497 e. The molecule has 0 saturated carbocycles. The van der Waals surface area contributed by atoms with Gasteiger partial charge in [0.2, 0.25) is 0 Å². The zero-order chi connectivity index (χ0) is 22.6. The molecule has 0 spiro atoms. The first-order valence-corrected chi connectivity index (χ1v) is 10.6. The van der Waals surface area contributed by atoms with Gasteiger partial charge in [0, 0.05) is 27.5 Å². The minimum Gasteiger partial charge on any atom is -0.497 e. The Morgan fingerprint density at radius 3 is 2.09 bits per heavy atom. The number of hydrogen-bond acceptors (Lipinski definition) is 5.